The van der Waals surface area contributed by atoms with Gasteiger partial charge in [-0.3, -0.25) is 0 Å². The van der Waals surface area contributed by atoms with Gasteiger partial charge in [-0.1, -0.05) is 13.8 Å². The molecule has 0 aliphatic rings. The molecule has 2 N–H and O–H groups in total. The summed E-state index contributed by atoms with van der Waals surface area (Å²) in [6.45, 7) is 4.26. The second-order valence-electron chi connectivity index (χ2n) is 2.88. The van der Waals surface area contributed by atoms with Gasteiger partial charge in [0.25, 0.3) is 0 Å². The summed E-state index contributed by atoms with van der Waals surface area (Å²) in [7, 11) is 0. The van der Waals surface area contributed by atoms with Crippen LogP contribution < -0.4 is 5.73 Å². The summed E-state index contributed by atoms with van der Waals surface area (Å²) in [4.78, 5) is 7.92. The third kappa shape index (κ3) is 2.05. The van der Waals surface area contributed by atoms with E-state index < -0.39 is 0 Å². The van der Waals surface area contributed by atoms with Crippen molar-refractivity contribution in [1.29, 1.82) is 0 Å². The van der Waals surface area contributed by atoms with Crippen molar-refractivity contribution in [2.24, 2.45) is 10.7 Å². The van der Waals surface area contributed by atoms with E-state index in [0.717, 1.165) is 0 Å². The second kappa shape index (κ2) is 3.85. The predicted molar refractivity (Wildman–Crippen MR) is 50.7 cm³/mol. The molecule has 3 heteroatoms. The van der Waals surface area contributed by atoms with E-state index in [1.54, 1.807) is 6.20 Å². The van der Waals surface area contributed by atoms with Crippen molar-refractivity contribution in [3.8, 4) is 0 Å². The Bertz CT molecular complexity index is 279. The molecule has 0 spiro atoms. The molecular weight excluding hydrogens is 150 g/mol. The van der Waals surface area contributed by atoms with Crippen molar-refractivity contribution < 1.29 is 0 Å². The molecule has 3 nitrogen and oxygen atoms in total. The van der Waals surface area contributed by atoms with Crippen LogP contribution in [0.1, 0.15) is 25.3 Å². The molecule has 0 amide bonds. The Morgan fingerprint density at radius 3 is 2.92 bits per heavy atom. The number of aromatic nitrogens is 1. The summed E-state index contributed by atoms with van der Waals surface area (Å²) in [5.41, 5.74) is 6.38. The average Bonchev–Trinajstić information content (AvgIpc) is 2.05. The van der Waals surface area contributed by atoms with E-state index in [1.807, 2.05) is 12.1 Å². The van der Waals surface area contributed by atoms with E-state index in [1.165, 1.54) is 11.9 Å². The van der Waals surface area contributed by atoms with Crippen molar-refractivity contribution in [3.05, 3.63) is 23.9 Å². The lowest BCUT2D eigenvalue weighted by Gasteiger charge is -2.03. The highest BCUT2D eigenvalue weighted by Crippen LogP contribution is 2.17. The van der Waals surface area contributed by atoms with Crippen LogP contribution in [0.25, 0.3) is 0 Å². The number of hydrogen-bond donors (Lipinski definition) is 1. The topological polar surface area (TPSA) is 51.3 Å². The van der Waals surface area contributed by atoms with Crippen LogP contribution in [-0.4, -0.2) is 11.3 Å². The van der Waals surface area contributed by atoms with Gasteiger partial charge in [0.05, 0.1) is 6.34 Å². The largest absolute Gasteiger partial charge is 0.390 e. The molecule has 0 saturated carbocycles. The van der Waals surface area contributed by atoms with Crippen LogP contribution in [-0.2, 0) is 0 Å². The summed E-state index contributed by atoms with van der Waals surface area (Å²) < 4.78 is 0. The average molecular weight is 163 g/mol. The Balaban J connectivity index is 2.95. The molecule has 0 aliphatic heterocycles. The summed E-state index contributed by atoms with van der Waals surface area (Å²) in [6, 6.07) is 3.92. The maximum absolute atomic E-state index is 5.16. The lowest BCUT2D eigenvalue weighted by atomic mass is 10.1. The summed E-state index contributed by atoms with van der Waals surface area (Å²) in [6.07, 6.45) is 3.00. The molecule has 1 aromatic rings. The van der Waals surface area contributed by atoms with Crippen LogP contribution in [0, 0.1) is 0 Å². The second-order valence-corrected chi connectivity index (χ2v) is 2.88. The van der Waals surface area contributed by atoms with E-state index in [-0.39, 0.29) is 0 Å². The first-order chi connectivity index (χ1) is 5.74. The molecule has 1 rings (SSSR count). The van der Waals surface area contributed by atoms with Crippen LogP contribution in [0.3, 0.4) is 0 Å². The quantitative estimate of drug-likeness (QED) is 0.534. The maximum Gasteiger partial charge on any atom is 0.153 e. The van der Waals surface area contributed by atoms with Crippen LogP contribution in [0.5, 0.6) is 0 Å². The third-order valence-corrected chi connectivity index (χ3v) is 1.64. The van der Waals surface area contributed by atoms with Crippen molar-refractivity contribution in [3.63, 3.8) is 0 Å². The smallest absolute Gasteiger partial charge is 0.153 e. The Morgan fingerprint density at radius 2 is 2.33 bits per heavy atom. The number of rotatable bonds is 2. The highest BCUT2D eigenvalue weighted by atomic mass is 14.9. The molecule has 0 aromatic carbocycles. The SMILES string of the molecule is CC(C)c1ccnc(N=CN)c1. The monoisotopic (exact) mass is 163 g/mol. The van der Waals surface area contributed by atoms with Gasteiger partial charge in [-0.05, 0) is 23.6 Å². The minimum atomic E-state index is 0.500. The van der Waals surface area contributed by atoms with Crippen molar-refractivity contribution in [2.45, 2.75) is 19.8 Å². The van der Waals surface area contributed by atoms with Crippen LogP contribution in [0.2, 0.25) is 0 Å². The fraction of sp³-hybridized carbons (Fsp3) is 0.333. The van der Waals surface area contributed by atoms with E-state index in [2.05, 4.69) is 23.8 Å². The van der Waals surface area contributed by atoms with Gasteiger partial charge in [-0.15, -0.1) is 0 Å². The Kier molecular flexibility index (Phi) is 2.80. The molecular formula is C9H13N3. The van der Waals surface area contributed by atoms with Gasteiger partial charge in [-0.2, -0.15) is 0 Å². The molecule has 0 saturated heterocycles. The summed E-state index contributed by atoms with van der Waals surface area (Å²) >= 11 is 0. The predicted octanol–water partition coefficient (Wildman–Crippen LogP) is 1.82. The standard InChI is InChI=1S/C9H13N3/c1-7(2)8-3-4-11-9(5-8)12-6-10/h3-7H,1-2H3,(H2,10,11,12). The van der Waals surface area contributed by atoms with Gasteiger partial charge in [0.2, 0.25) is 0 Å². The van der Waals surface area contributed by atoms with Gasteiger partial charge in [0.1, 0.15) is 0 Å². The first-order valence-corrected chi connectivity index (χ1v) is 3.94. The van der Waals surface area contributed by atoms with E-state index in [4.69, 9.17) is 5.73 Å². The zero-order chi connectivity index (χ0) is 8.97. The van der Waals surface area contributed by atoms with Gasteiger partial charge in [-0.25, -0.2) is 9.98 Å². The highest BCUT2D eigenvalue weighted by molar-refractivity contribution is 5.57. The van der Waals surface area contributed by atoms with E-state index in [0.29, 0.717) is 11.7 Å². The highest BCUT2D eigenvalue weighted by Gasteiger charge is 1.98. The number of nitrogens with two attached hydrogens (primary N) is 1. The van der Waals surface area contributed by atoms with E-state index in [9.17, 15) is 0 Å². The molecule has 0 unspecified atom stereocenters. The van der Waals surface area contributed by atoms with Crippen LogP contribution >= 0.6 is 0 Å². The first kappa shape index (κ1) is 8.71. The zero-order valence-corrected chi connectivity index (χ0v) is 7.36. The molecule has 0 radical (unpaired) electrons. The number of nitrogens with zero attached hydrogens (tertiary/aromatic N) is 2. The normalized spacial score (nSPS) is 11.2. The molecule has 1 heterocycles. The van der Waals surface area contributed by atoms with Crippen LogP contribution in [0.4, 0.5) is 5.82 Å². The Hall–Kier alpha value is -1.38. The number of pyridine rings is 1. The summed E-state index contributed by atoms with van der Waals surface area (Å²) in [5, 5.41) is 0. The van der Waals surface area contributed by atoms with Gasteiger partial charge >= 0.3 is 0 Å². The molecule has 0 atom stereocenters. The molecule has 12 heavy (non-hydrogen) atoms. The van der Waals surface area contributed by atoms with Crippen molar-refractivity contribution in [1.82, 2.24) is 4.98 Å². The van der Waals surface area contributed by atoms with Gasteiger partial charge in [0, 0.05) is 6.20 Å². The zero-order valence-electron chi connectivity index (χ0n) is 7.36. The first-order valence-electron chi connectivity index (χ1n) is 3.94. The minimum absolute atomic E-state index is 0.500. The minimum Gasteiger partial charge on any atom is -0.390 e. The van der Waals surface area contributed by atoms with E-state index >= 15 is 0 Å². The van der Waals surface area contributed by atoms with Gasteiger partial charge < -0.3 is 5.73 Å². The Labute approximate surface area is 72.3 Å². The molecule has 1 aromatic heterocycles. The van der Waals surface area contributed by atoms with Crippen molar-refractivity contribution >= 4 is 12.2 Å². The van der Waals surface area contributed by atoms with Crippen molar-refractivity contribution in [2.75, 3.05) is 0 Å². The third-order valence-electron chi connectivity index (χ3n) is 1.64. The van der Waals surface area contributed by atoms with Crippen LogP contribution in [0.15, 0.2) is 23.3 Å². The maximum atomic E-state index is 5.16. The molecule has 0 bridgehead atoms. The molecule has 0 aliphatic carbocycles. The fourth-order valence-electron chi connectivity index (χ4n) is 0.940. The molecule has 0 fully saturated rings. The lowest BCUT2D eigenvalue weighted by molar-refractivity contribution is 0.863. The lowest BCUT2D eigenvalue weighted by Crippen LogP contribution is -1.90. The Morgan fingerprint density at radius 1 is 1.58 bits per heavy atom. The number of aliphatic imine (C=N–C) groups is 1. The number of hydrogen-bond acceptors (Lipinski definition) is 2. The van der Waals surface area contributed by atoms with Gasteiger partial charge in [0.15, 0.2) is 5.82 Å². The summed E-state index contributed by atoms with van der Waals surface area (Å²) in [5.74, 6) is 1.17. The fourth-order valence-corrected chi connectivity index (χ4v) is 0.940. The molecule has 64 valence electrons.